The van der Waals surface area contributed by atoms with Crippen LogP contribution in [0.25, 0.3) is 0 Å². The number of imide groups is 2. The molecule has 11 nitrogen and oxygen atoms in total. The van der Waals surface area contributed by atoms with Crippen LogP contribution >= 0.6 is 10.8 Å². The second-order valence-electron chi connectivity index (χ2n) is 11.3. The van der Waals surface area contributed by atoms with Crippen LogP contribution in [0.2, 0.25) is 0 Å². The van der Waals surface area contributed by atoms with Gasteiger partial charge < -0.3 is 5.32 Å². The lowest BCUT2D eigenvalue weighted by molar-refractivity contribution is -0.136. The molecular weight excluding hydrogens is 565 g/mol. The summed E-state index contributed by atoms with van der Waals surface area (Å²) in [6, 6.07) is 8.96. The second-order valence-corrected chi connectivity index (χ2v) is 13.4. The van der Waals surface area contributed by atoms with E-state index >= 15 is 4.39 Å². The standard InChI is InChI=1S/C29H34FN5O6S/c30-22-15-18(17-33-12-9-20(10-13-33)34-11-2-14-42(34,40)41)5-6-19(22)16-31-23-4-1-3-21-26(23)29(39)35(28(21)38)24-7-8-25(36)32-27(24)37/h1,3-6,15,20,24,31,40-41H,2,7-14,16-17H2,(H,32,36,37). The summed E-state index contributed by atoms with van der Waals surface area (Å²) in [7, 11) is -2.63. The van der Waals surface area contributed by atoms with Gasteiger partial charge in [-0.2, -0.15) is 0 Å². The molecule has 0 radical (unpaired) electrons. The van der Waals surface area contributed by atoms with Gasteiger partial charge in [0.25, 0.3) is 11.8 Å². The Morgan fingerprint density at radius 2 is 1.79 bits per heavy atom. The first-order chi connectivity index (χ1) is 20.1. The third-order valence-corrected chi connectivity index (χ3v) is 10.7. The second kappa shape index (κ2) is 11.4. The van der Waals surface area contributed by atoms with Crippen LogP contribution in [0.3, 0.4) is 0 Å². The predicted octanol–water partition coefficient (Wildman–Crippen LogP) is 3.17. The minimum atomic E-state index is -2.63. The van der Waals surface area contributed by atoms with Crippen molar-refractivity contribution in [2.75, 3.05) is 30.7 Å². The number of carbonyl (C=O) groups is 4. The maximum Gasteiger partial charge on any atom is 0.264 e. The predicted molar refractivity (Wildman–Crippen MR) is 154 cm³/mol. The number of halogens is 1. The zero-order valence-electron chi connectivity index (χ0n) is 23.1. The van der Waals surface area contributed by atoms with Crippen LogP contribution < -0.4 is 10.6 Å². The molecule has 42 heavy (non-hydrogen) atoms. The van der Waals surface area contributed by atoms with Crippen molar-refractivity contribution >= 4 is 40.1 Å². The van der Waals surface area contributed by atoms with Gasteiger partial charge in [0, 0.05) is 56.4 Å². The minimum absolute atomic E-state index is 0.0377. The number of likely N-dealkylation sites (tertiary alicyclic amines) is 1. The first kappa shape index (κ1) is 28.7. The fourth-order valence-electron chi connectivity index (χ4n) is 6.41. The van der Waals surface area contributed by atoms with E-state index < -0.39 is 40.4 Å². The van der Waals surface area contributed by atoms with Crippen LogP contribution in [-0.4, -0.2) is 84.3 Å². The molecule has 0 aromatic heterocycles. The highest BCUT2D eigenvalue weighted by Gasteiger charge is 2.45. The summed E-state index contributed by atoms with van der Waals surface area (Å²) in [4.78, 5) is 53.4. The van der Waals surface area contributed by atoms with Crippen LogP contribution in [0.5, 0.6) is 0 Å². The Bertz CT molecular complexity index is 1450. The van der Waals surface area contributed by atoms with E-state index in [-0.39, 0.29) is 42.4 Å². The Hall–Kier alpha value is -3.36. The summed E-state index contributed by atoms with van der Waals surface area (Å²) in [6.45, 7) is 2.98. The van der Waals surface area contributed by atoms with Crippen molar-refractivity contribution in [3.8, 4) is 0 Å². The molecule has 224 valence electrons. The number of piperidine rings is 2. The molecule has 4 amide bonds. The highest BCUT2D eigenvalue weighted by atomic mass is 32.3. The number of hydrogen-bond donors (Lipinski definition) is 4. The highest BCUT2D eigenvalue weighted by molar-refractivity contribution is 8.22. The Labute approximate surface area is 244 Å². The van der Waals surface area contributed by atoms with Crippen molar-refractivity contribution in [3.63, 3.8) is 0 Å². The van der Waals surface area contributed by atoms with E-state index in [0.29, 0.717) is 23.5 Å². The molecule has 1 unspecified atom stereocenters. The summed E-state index contributed by atoms with van der Waals surface area (Å²) in [5.74, 6) is -2.26. The Kier molecular flexibility index (Phi) is 7.79. The summed E-state index contributed by atoms with van der Waals surface area (Å²) >= 11 is 0. The Morgan fingerprint density at radius 1 is 1.00 bits per heavy atom. The molecule has 1 atom stereocenters. The maximum atomic E-state index is 15.1. The lowest BCUT2D eigenvalue weighted by Gasteiger charge is -2.44. The van der Waals surface area contributed by atoms with Gasteiger partial charge in [0.05, 0.1) is 16.9 Å². The number of amides is 4. The zero-order chi connectivity index (χ0) is 29.6. The van der Waals surface area contributed by atoms with Crippen LogP contribution in [-0.2, 0) is 22.7 Å². The highest BCUT2D eigenvalue weighted by Crippen LogP contribution is 2.51. The van der Waals surface area contributed by atoms with E-state index in [1.807, 2.05) is 10.4 Å². The van der Waals surface area contributed by atoms with Gasteiger partial charge in [0.2, 0.25) is 11.8 Å². The lowest BCUT2D eigenvalue weighted by atomic mass is 10.0. The largest absolute Gasteiger partial charge is 0.380 e. The third kappa shape index (κ3) is 5.42. The first-order valence-corrected chi connectivity index (χ1v) is 15.9. The molecule has 4 aliphatic heterocycles. The van der Waals surface area contributed by atoms with E-state index in [4.69, 9.17) is 0 Å². The van der Waals surface area contributed by atoms with Crippen molar-refractivity contribution in [1.29, 1.82) is 0 Å². The van der Waals surface area contributed by atoms with Crippen LogP contribution in [0.15, 0.2) is 36.4 Å². The molecule has 0 bridgehead atoms. The number of fused-ring (bicyclic) bond motifs is 1. The molecule has 0 spiro atoms. The number of hydrogen-bond acceptors (Lipinski definition) is 9. The quantitative estimate of drug-likeness (QED) is 0.353. The Morgan fingerprint density at radius 3 is 2.48 bits per heavy atom. The minimum Gasteiger partial charge on any atom is -0.380 e. The average molecular weight is 600 g/mol. The van der Waals surface area contributed by atoms with Gasteiger partial charge in [-0.05, 0) is 49.4 Å². The normalized spacial score (nSPS) is 24.2. The van der Waals surface area contributed by atoms with E-state index in [1.165, 1.54) is 12.1 Å². The smallest absolute Gasteiger partial charge is 0.264 e. The van der Waals surface area contributed by atoms with E-state index in [0.717, 1.165) is 49.4 Å². The van der Waals surface area contributed by atoms with Gasteiger partial charge in [0.1, 0.15) is 11.9 Å². The lowest BCUT2D eigenvalue weighted by Crippen LogP contribution is -2.54. The fourth-order valence-corrected chi connectivity index (χ4v) is 8.27. The monoisotopic (exact) mass is 599 g/mol. The molecule has 4 N–H and O–H groups in total. The number of benzene rings is 2. The number of nitrogens with one attached hydrogen (secondary N) is 2. The van der Waals surface area contributed by atoms with Gasteiger partial charge in [-0.3, -0.25) is 43.4 Å². The maximum absolute atomic E-state index is 15.1. The molecule has 3 fully saturated rings. The van der Waals surface area contributed by atoms with Crippen LogP contribution in [0.4, 0.5) is 10.1 Å². The molecule has 0 saturated carbocycles. The van der Waals surface area contributed by atoms with Gasteiger partial charge in [-0.1, -0.05) is 18.2 Å². The van der Waals surface area contributed by atoms with Crippen LogP contribution in [0.1, 0.15) is 63.9 Å². The summed E-state index contributed by atoms with van der Waals surface area (Å²) < 4.78 is 37.6. The molecule has 4 aliphatic rings. The summed E-state index contributed by atoms with van der Waals surface area (Å²) in [5.41, 5.74) is 1.88. The molecule has 3 saturated heterocycles. The van der Waals surface area contributed by atoms with Gasteiger partial charge >= 0.3 is 0 Å². The number of rotatable bonds is 7. The van der Waals surface area contributed by atoms with Crippen LogP contribution in [0, 0.1) is 5.82 Å². The van der Waals surface area contributed by atoms with Crippen molar-refractivity contribution in [2.24, 2.45) is 0 Å². The summed E-state index contributed by atoms with van der Waals surface area (Å²) in [6.07, 6.45) is 2.59. The summed E-state index contributed by atoms with van der Waals surface area (Å²) in [5, 5.41) is 5.27. The fraction of sp³-hybridized carbons (Fsp3) is 0.448. The molecule has 2 aromatic carbocycles. The van der Waals surface area contributed by atoms with Gasteiger partial charge in [-0.15, -0.1) is 10.8 Å². The van der Waals surface area contributed by atoms with Crippen molar-refractivity contribution < 1.29 is 32.7 Å². The molecular formula is C29H34FN5O6S. The first-order valence-electron chi connectivity index (χ1n) is 14.2. The molecule has 0 aliphatic carbocycles. The molecule has 4 heterocycles. The SMILES string of the molecule is O=C1CCC(N2C(=O)c3cccc(NCc4ccc(CN5CCC(N6CCCS6(O)O)CC5)cc4F)c3C2=O)C(=O)N1. The van der Waals surface area contributed by atoms with Crippen molar-refractivity contribution in [1.82, 2.24) is 19.4 Å². The zero-order valence-corrected chi connectivity index (χ0v) is 23.9. The van der Waals surface area contributed by atoms with Crippen molar-refractivity contribution in [2.45, 2.75) is 57.3 Å². The average Bonchev–Trinajstić information content (AvgIpc) is 3.44. The number of carbonyl (C=O) groups excluding carboxylic acids is 4. The molecule has 13 heteroatoms. The Balaban J connectivity index is 1.07. The van der Waals surface area contributed by atoms with Gasteiger partial charge in [-0.25, -0.2) is 8.70 Å². The van der Waals surface area contributed by atoms with Crippen molar-refractivity contribution in [3.05, 3.63) is 64.5 Å². The van der Waals surface area contributed by atoms with E-state index in [2.05, 4.69) is 15.5 Å². The topological polar surface area (TPSA) is 143 Å². The molecule has 2 aromatic rings. The number of anilines is 1. The van der Waals surface area contributed by atoms with E-state index in [1.54, 1.807) is 18.2 Å². The van der Waals surface area contributed by atoms with Gasteiger partial charge in [0.15, 0.2) is 0 Å². The number of nitrogens with zero attached hydrogens (tertiary/aromatic N) is 3. The molecule has 6 rings (SSSR count). The third-order valence-electron chi connectivity index (χ3n) is 8.60. The van der Waals surface area contributed by atoms with E-state index in [9.17, 15) is 28.3 Å².